The van der Waals surface area contributed by atoms with E-state index in [0.717, 1.165) is 0 Å². The molecule has 0 bridgehead atoms. The Morgan fingerprint density at radius 3 is 0.800 bits per heavy atom. The molecule has 7 heteroatoms. The third kappa shape index (κ3) is 164. The molecule has 15 heavy (non-hydrogen) atoms. The first-order valence-corrected chi connectivity index (χ1v) is 2.60. The van der Waals surface area contributed by atoms with Crippen molar-refractivity contribution in [3.8, 4) is 0 Å². The molecule has 0 saturated carbocycles. The predicted octanol–water partition coefficient (Wildman–Crippen LogP) is 3.56. The average molecular weight is 665 g/mol. The Morgan fingerprint density at radius 1 is 0.800 bits per heavy atom. The van der Waals surface area contributed by atoms with Gasteiger partial charge in [0.05, 0.1) is 0 Å². The molecule has 5 radical (unpaired) electrons. The fourth-order valence-electron chi connectivity index (χ4n) is 0. The van der Waals surface area contributed by atoms with Crippen molar-refractivity contribution in [1.29, 1.82) is 0 Å². The van der Waals surface area contributed by atoms with Gasteiger partial charge < -0.3 is 27.0 Å². The van der Waals surface area contributed by atoms with Gasteiger partial charge in [0.2, 0.25) is 0 Å². The molecule has 0 aromatic carbocycles. The third-order valence-corrected chi connectivity index (χ3v) is 0. The molecule has 0 aromatic rings. The molecule has 0 amide bonds. The quantitative estimate of drug-likeness (QED) is 0.354. The zero-order chi connectivity index (χ0) is 6.28. The van der Waals surface area contributed by atoms with E-state index in [-0.39, 0.29) is 217 Å². The molecule has 0 atom stereocenters. The van der Waals surface area contributed by atoms with Gasteiger partial charge in [-0.15, -0.1) is 6.04 Å². The summed E-state index contributed by atoms with van der Waals surface area (Å²) in [6.07, 6.45) is 2.00. The van der Waals surface area contributed by atoms with E-state index in [4.69, 9.17) is 5.73 Å². The summed E-state index contributed by atoms with van der Waals surface area (Å²) in [4.78, 5) is 0. The zero-order valence-corrected chi connectivity index (χ0v) is 28.1. The fourth-order valence-corrected chi connectivity index (χ4v) is 0. The molecule has 0 heterocycles. The van der Waals surface area contributed by atoms with Gasteiger partial charge in [0.15, 0.2) is 0 Å². The Balaban J connectivity index is -0.00000000275. The molecular weight excluding hydrogens is 644 g/mol. The van der Waals surface area contributed by atoms with Crippen molar-refractivity contribution in [3.63, 3.8) is 0 Å². The molecular formula is C8H21NY6-. The second kappa shape index (κ2) is 70.5. The molecule has 0 aliphatic carbocycles. The maximum Gasteiger partial charge on any atom is 3.00 e. The van der Waals surface area contributed by atoms with Crippen LogP contribution in [0.5, 0.6) is 0 Å². The van der Waals surface area contributed by atoms with Crippen LogP contribution in [0.2, 0.25) is 0 Å². The Hall–Kier alpha value is 6.58. The summed E-state index contributed by atoms with van der Waals surface area (Å²) in [6, 6.07) is 0.0833. The first kappa shape index (κ1) is 68.2. The van der Waals surface area contributed by atoms with Gasteiger partial charge in [-0.2, -0.15) is 13.8 Å². The molecule has 0 spiro atoms. The topological polar surface area (TPSA) is 23.8 Å². The summed E-state index contributed by atoms with van der Waals surface area (Å²) in [7, 11) is 0. The maximum absolute atomic E-state index is 6.58. The van der Waals surface area contributed by atoms with E-state index >= 15 is 0 Å². The van der Waals surface area contributed by atoms with Crippen molar-refractivity contribution in [3.05, 3.63) is 27.0 Å². The minimum absolute atomic E-state index is 0. The minimum atomic E-state index is 0. The van der Waals surface area contributed by atoms with Crippen LogP contribution >= 0.6 is 0 Å². The molecule has 1 nitrogen and oxygen atoms in total. The molecule has 0 saturated heterocycles. The second-order valence-electron chi connectivity index (χ2n) is 1.73. The molecule has 0 unspecified atom stereocenters. The number of hydrogen-bond donors (Lipinski definition) is 0. The van der Waals surface area contributed by atoms with Gasteiger partial charge in [-0.1, -0.05) is 13.8 Å². The van der Waals surface area contributed by atoms with Crippen LogP contribution in [0.15, 0.2) is 0 Å². The summed E-state index contributed by atoms with van der Waals surface area (Å²) in [5.41, 5.74) is 6.58. The largest absolute Gasteiger partial charge is 3.00 e. The number of hydrogen-bond acceptors (Lipinski definition) is 0. The maximum atomic E-state index is 6.58. The third-order valence-electron chi connectivity index (χ3n) is 0. The van der Waals surface area contributed by atoms with E-state index in [0.29, 0.717) is 0 Å². The van der Waals surface area contributed by atoms with Crippen molar-refractivity contribution in [1.82, 2.24) is 0 Å². The minimum Gasteiger partial charge on any atom is -0.675 e. The van der Waals surface area contributed by atoms with E-state index in [2.05, 4.69) is 0 Å². The number of nitrogens with one attached hydrogen (secondary N) is 1. The van der Waals surface area contributed by atoms with Crippen LogP contribution in [0.25, 0.3) is 5.73 Å². The summed E-state index contributed by atoms with van der Waals surface area (Å²) in [5, 5.41) is 0. The van der Waals surface area contributed by atoms with Crippen molar-refractivity contribution in [2.45, 2.75) is 33.7 Å². The monoisotopic (exact) mass is 665 g/mol. The standard InChI is InChI=1S/C3H8N.C3H7.2CH3.6Y/c1-3(2)4;1-3-2;;;;;;;;/h3-4H,1-2H3;3H,1-2H3;2*1H3;;;;;;/q4*-1;;;;;;+3. The molecule has 77 valence electrons. The fraction of sp³-hybridized carbons (Fsp3) is 0.625. The van der Waals surface area contributed by atoms with E-state index in [1.807, 2.05) is 34.1 Å². The van der Waals surface area contributed by atoms with E-state index in [1.54, 1.807) is 0 Å². The van der Waals surface area contributed by atoms with Gasteiger partial charge in [0.25, 0.3) is 0 Å². The molecule has 0 aliphatic heterocycles. The predicted molar refractivity (Wildman–Crippen MR) is 47.9 cm³/mol. The summed E-state index contributed by atoms with van der Waals surface area (Å²) < 4.78 is 0. The van der Waals surface area contributed by atoms with Gasteiger partial charge in [-0.3, -0.25) is 0 Å². The van der Waals surface area contributed by atoms with Gasteiger partial charge in [-0.25, -0.2) is 0 Å². The molecule has 0 fully saturated rings. The van der Waals surface area contributed by atoms with Crippen LogP contribution in [0, 0.1) is 21.3 Å². The van der Waals surface area contributed by atoms with Gasteiger partial charge in [0.1, 0.15) is 0 Å². The summed E-state index contributed by atoms with van der Waals surface area (Å²) >= 11 is 0. The Labute approximate surface area is 250 Å². The van der Waals surface area contributed by atoms with E-state index < -0.39 is 0 Å². The SMILES string of the molecule is CC(C)[NH-].C[CH-]C.[CH3-].[CH3-].[Y+3].[Y].[Y].[Y].[Y].[Y]. The van der Waals surface area contributed by atoms with Crippen LogP contribution in [-0.4, -0.2) is 6.04 Å². The van der Waals surface area contributed by atoms with Crippen LogP contribution in [0.1, 0.15) is 27.7 Å². The molecule has 1 N–H and O–H groups in total. The van der Waals surface area contributed by atoms with Crippen LogP contribution in [0.3, 0.4) is 0 Å². The Kier molecular flexibility index (Phi) is 320. The van der Waals surface area contributed by atoms with E-state index in [1.165, 1.54) is 0 Å². The van der Waals surface area contributed by atoms with Gasteiger partial charge >= 0.3 is 32.7 Å². The average Bonchev–Trinajstić information content (AvgIpc) is 1.33. The first-order chi connectivity index (χ1) is 3.15. The van der Waals surface area contributed by atoms with Gasteiger partial charge in [0, 0.05) is 164 Å². The van der Waals surface area contributed by atoms with Gasteiger partial charge in [-0.05, 0) is 0 Å². The Morgan fingerprint density at radius 2 is 0.800 bits per heavy atom. The molecule has 0 aromatic heterocycles. The van der Waals surface area contributed by atoms with Crippen LogP contribution in [-0.2, 0) is 196 Å². The first-order valence-electron chi connectivity index (χ1n) is 2.60. The van der Waals surface area contributed by atoms with Crippen LogP contribution in [0.4, 0.5) is 0 Å². The molecule has 0 aliphatic rings. The summed E-state index contributed by atoms with van der Waals surface area (Å²) in [5.74, 6) is 0. The van der Waals surface area contributed by atoms with Crippen molar-refractivity contribution in [2.24, 2.45) is 0 Å². The number of rotatable bonds is 0. The Bertz CT molecular complexity index is 30.3. The second-order valence-corrected chi connectivity index (χ2v) is 1.73. The zero-order valence-electron chi connectivity index (χ0n) is 11.1. The summed E-state index contributed by atoms with van der Waals surface area (Å²) in [6.45, 7) is 7.67. The van der Waals surface area contributed by atoms with Crippen LogP contribution < -0.4 is 0 Å². The molecule has 0 rings (SSSR count). The smallest absolute Gasteiger partial charge is 0.675 e. The van der Waals surface area contributed by atoms with E-state index in [9.17, 15) is 0 Å². The van der Waals surface area contributed by atoms with Crippen molar-refractivity contribution < 1.29 is 196 Å². The van der Waals surface area contributed by atoms with Crippen molar-refractivity contribution >= 4 is 0 Å². The normalized spacial score (nSPS) is 3.60. The van der Waals surface area contributed by atoms with Crippen molar-refractivity contribution in [2.75, 3.05) is 0 Å².